The van der Waals surface area contributed by atoms with E-state index >= 15 is 0 Å². The van der Waals surface area contributed by atoms with Crippen molar-refractivity contribution >= 4 is 29.0 Å². The van der Waals surface area contributed by atoms with Gasteiger partial charge in [-0.05, 0) is 6.92 Å². The lowest BCUT2D eigenvalue weighted by molar-refractivity contribution is -0.117. The smallest absolute Gasteiger partial charge is 0.237 e. The summed E-state index contributed by atoms with van der Waals surface area (Å²) in [7, 11) is 0. The highest BCUT2D eigenvalue weighted by atomic mass is 32.2. The van der Waals surface area contributed by atoms with Crippen LogP contribution in [0.15, 0.2) is 8.86 Å². The quantitative estimate of drug-likeness (QED) is 0.822. The third-order valence-corrected chi connectivity index (χ3v) is 4.81. The lowest BCUT2D eigenvalue weighted by Crippen LogP contribution is -2.13. The van der Waals surface area contributed by atoms with E-state index in [1.165, 1.54) is 23.1 Å². The largest absolute Gasteiger partial charge is 0.369 e. The number of thioether (sulfide) groups is 1. The van der Waals surface area contributed by atoms with Crippen molar-refractivity contribution in [2.45, 2.75) is 43.2 Å². The Morgan fingerprint density at radius 3 is 2.80 bits per heavy atom. The van der Waals surface area contributed by atoms with Crippen molar-refractivity contribution < 1.29 is 9.32 Å². The van der Waals surface area contributed by atoms with Crippen LogP contribution in [-0.2, 0) is 17.0 Å². The van der Waals surface area contributed by atoms with Gasteiger partial charge in [-0.15, -0.1) is 11.3 Å². The molecule has 108 valence electrons. The standard InChI is InChI=1S/C12H16N4O2S2/c1-6(2)11-15-10(18-16-11)5-19-12-14-7(3)8(20-12)4-9(13)17/h6H,4-5H2,1-3H3,(H2,13,17). The number of carbonyl (C=O) groups is 1. The first-order valence-electron chi connectivity index (χ1n) is 6.15. The monoisotopic (exact) mass is 312 g/mol. The normalized spacial score (nSPS) is 11.2. The van der Waals surface area contributed by atoms with Crippen LogP contribution in [0.5, 0.6) is 0 Å². The maximum absolute atomic E-state index is 10.9. The number of hydrogen-bond acceptors (Lipinski definition) is 7. The maximum Gasteiger partial charge on any atom is 0.237 e. The molecular formula is C12H16N4O2S2. The molecule has 0 aliphatic rings. The molecule has 0 saturated heterocycles. The van der Waals surface area contributed by atoms with Crippen LogP contribution in [-0.4, -0.2) is 21.0 Å². The predicted molar refractivity (Wildman–Crippen MR) is 77.7 cm³/mol. The van der Waals surface area contributed by atoms with Gasteiger partial charge in [-0.1, -0.05) is 30.8 Å². The average molecular weight is 312 g/mol. The molecule has 0 aliphatic heterocycles. The number of amides is 1. The number of hydrogen-bond donors (Lipinski definition) is 1. The fourth-order valence-corrected chi connectivity index (χ4v) is 3.55. The van der Waals surface area contributed by atoms with Crippen LogP contribution in [0.3, 0.4) is 0 Å². The zero-order valence-corrected chi connectivity index (χ0v) is 13.2. The van der Waals surface area contributed by atoms with Crippen molar-refractivity contribution in [2.75, 3.05) is 0 Å². The van der Waals surface area contributed by atoms with E-state index in [4.69, 9.17) is 10.3 Å². The topological polar surface area (TPSA) is 94.9 Å². The van der Waals surface area contributed by atoms with Gasteiger partial charge in [0.2, 0.25) is 11.8 Å². The van der Waals surface area contributed by atoms with Gasteiger partial charge in [0, 0.05) is 10.8 Å². The SMILES string of the molecule is Cc1nc(SCc2nc(C(C)C)no2)sc1CC(N)=O. The van der Waals surface area contributed by atoms with Crippen LogP contribution >= 0.6 is 23.1 Å². The first-order valence-corrected chi connectivity index (χ1v) is 7.95. The van der Waals surface area contributed by atoms with E-state index in [0.29, 0.717) is 17.5 Å². The minimum absolute atomic E-state index is 0.238. The zero-order chi connectivity index (χ0) is 14.7. The minimum atomic E-state index is -0.341. The highest BCUT2D eigenvalue weighted by Gasteiger charge is 2.13. The summed E-state index contributed by atoms with van der Waals surface area (Å²) in [6.45, 7) is 5.91. The van der Waals surface area contributed by atoms with E-state index < -0.39 is 0 Å². The highest BCUT2D eigenvalue weighted by molar-refractivity contribution is 8.00. The van der Waals surface area contributed by atoms with E-state index in [2.05, 4.69) is 15.1 Å². The average Bonchev–Trinajstić information content (AvgIpc) is 2.94. The highest BCUT2D eigenvalue weighted by Crippen LogP contribution is 2.29. The van der Waals surface area contributed by atoms with Gasteiger partial charge in [-0.2, -0.15) is 4.98 Å². The number of carbonyl (C=O) groups excluding carboxylic acids is 1. The number of aromatic nitrogens is 3. The molecule has 1 amide bonds. The van der Waals surface area contributed by atoms with Gasteiger partial charge in [-0.3, -0.25) is 4.79 Å². The number of primary amides is 1. The minimum Gasteiger partial charge on any atom is -0.369 e. The summed E-state index contributed by atoms with van der Waals surface area (Å²) in [4.78, 5) is 20.6. The van der Waals surface area contributed by atoms with Crippen LogP contribution in [0.1, 0.15) is 42.1 Å². The molecule has 0 spiro atoms. The number of aryl methyl sites for hydroxylation is 1. The zero-order valence-electron chi connectivity index (χ0n) is 11.5. The van der Waals surface area contributed by atoms with Crippen molar-refractivity contribution in [3.8, 4) is 0 Å². The Bertz CT molecular complexity index is 606. The third-order valence-electron chi connectivity index (χ3n) is 2.53. The Balaban J connectivity index is 1.98. The molecule has 2 aromatic heterocycles. The van der Waals surface area contributed by atoms with Gasteiger partial charge >= 0.3 is 0 Å². The van der Waals surface area contributed by atoms with Gasteiger partial charge in [0.15, 0.2) is 10.2 Å². The number of nitrogens with two attached hydrogens (primary N) is 1. The molecule has 0 bridgehead atoms. The Morgan fingerprint density at radius 1 is 1.45 bits per heavy atom. The molecule has 2 rings (SSSR count). The Hall–Kier alpha value is -1.41. The third kappa shape index (κ3) is 3.80. The van der Waals surface area contributed by atoms with E-state index in [-0.39, 0.29) is 18.2 Å². The number of thiazole rings is 1. The summed E-state index contributed by atoms with van der Waals surface area (Å²) in [5.74, 6) is 1.78. The van der Waals surface area contributed by atoms with Gasteiger partial charge in [-0.25, -0.2) is 4.98 Å². The summed E-state index contributed by atoms with van der Waals surface area (Å²) in [5, 5.41) is 3.91. The summed E-state index contributed by atoms with van der Waals surface area (Å²) in [5.41, 5.74) is 6.05. The van der Waals surface area contributed by atoms with Crippen molar-refractivity contribution in [1.29, 1.82) is 0 Å². The Labute approximate surface area is 125 Å². The van der Waals surface area contributed by atoms with E-state index in [1.54, 1.807) is 0 Å². The summed E-state index contributed by atoms with van der Waals surface area (Å²) in [6.07, 6.45) is 0.238. The molecule has 20 heavy (non-hydrogen) atoms. The molecule has 0 unspecified atom stereocenters. The van der Waals surface area contributed by atoms with E-state index in [9.17, 15) is 4.79 Å². The number of rotatable bonds is 6. The second-order valence-electron chi connectivity index (χ2n) is 4.62. The lowest BCUT2D eigenvalue weighted by atomic mass is 10.2. The van der Waals surface area contributed by atoms with Crippen molar-refractivity contribution in [3.63, 3.8) is 0 Å². The molecule has 0 aliphatic carbocycles. The molecule has 6 nitrogen and oxygen atoms in total. The van der Waals surface area contributed by atoms with E-state index in [1.807, 2.05) is 20.8 Å². The first kappa shape index (κ1) is 15.0. The van der Waals surface area contributed by atoms with Crippen LogP contribution in [0, 0.1) is 6.92 Å². The number of nitrogens with zero attached hydrogens (tertiary/aromatic N) is 3. The molecular weight excluding hydrogens is 296 g/mol. The van der Waals surface area contributed by atoms with Gasteiger partial charge < -0.3 is 10.3 Å². The van der Waals surface area contributed by atoms with E-state index in [0.717, 1.165) is 14.9 Å². The van der Waals surface area contributed by atoms with Crippen molar-refractivity contribution in [1.82, 2.24) is 15.1 Å². The van der Waals surface area contributed by atoms with Gasteiger partial charge in [0.25, 0.3) is 0 Å². The maximum atomic E-state index is 10.9. The molecule has 0 radical (unpaired) electrons. The Morgan fingerprint density at radius 2 is 2.20 bits per heavy atom. The fourth-order valence-electron chi connectivity index (χ4n) is 1.47. The Kier molecular flexibility index (Phi) is 4.77. The van der Waals surface area contributed by atoms with Gasteiger partial charge in [0.05, 0.1) is 17.9 Å². The van der Waals surface area contributed by atoms with Crippen molar-refractivity contribution in [2.24, 2.45) is 5.73 Å². The summed E-state index contributed by atoms with van der Waals surface area (Å²) < 4.78 is 6.05. The molecule has 2 aromatic rings. The molecule has 0 atom stereocenters. The van der Waals surface area contributed by atoms with Crippen LogP contribution < -0.4 is 5.73 Å². The van der Waals surface area contributed by atoms with Crippen LogP contribution in [0.4, 0.5) is 0 Å². The molecule has 0 fully saturated rings. The molecule has 2 heterocycles. The van der Waals surface area contributed by atoms with Crippen molar-refractivity contribution in [3.05, 3.63) is 22.3 Å². The molecule has 0 saturated carbocycles. The molecule has 0 aromatic carbocycles. The first-order chi connectivity index (χ1) is 9.45. The summed E-state index contributed by atoms with van der Waals surface area (Å²) >= 11 is 3.00. The van der Waals surface area contributed by atoms with Gasteiger partial charge in [0.1, 0.15) is 0 Å². The molecule has 2 N–H and O–H groups in total. The summed E-state index contributed by atoms with van der Waals surface area (Å²) in [6, 6.07) is 0. The molecule has 8 heteroatoms. The van der Waals surface area contributed by atoms with Crippen LogP contribution in [0.25, 0.3) is 0 Å². The van der Waals surface area contributed by atoms with Crippen LogP contribution in [0.2, 0.25) is 0 Å². The second kappa shape index (κ2) is 6.36. The predicted octanol–water partition coefficient (Wildman–Crippen LogP) is 2.28. The fraction of sp³-hybridized carbons (Fsp3) is 0.500. The lowest BCUT2D eigenvalue weighted by Gasteiger charge is -1.93. The second-order valence-corrected chi connectivity index (χ2v) is 6.93.